The molecule has 0 radical (unpaired) electrons. The van der Waals surface area contributed by atoms with E-state index in [2.05, 4.69) is 37.6 Å². The summed E-state index contributed by atoms with van der Waals surface area (Å²) in [6, 6.07) is 2.25. The minimum Gasteiger partial charge on any atom is -0.316 e. The third-order valence-corrected chi connectivity index (χ3v) is 5.05. The predicted octanol–water partition coefficient (Wildman–Crippen LogP) is 2.16. The van der Waals surface area contributed by atoms with E-state index in [0.29, 0.717) is 0 Å². The monoisotopic (exact) mass is 286 g/mol. The van der Waals surface area contributed by atoms with Crippen LogP contribution < -0.4 is 5.32 Å². The number of nitrogens with zero attached hydrogens (tertiary/aromatic N) is 1. The Kier molecular flexibility index (Phi) is 2.85. The lowest BCUT2D eigenvalue weighted by molar-refractivity contribution is 0.306. The first-order valence-electron chi connectivity index (χ1n) is 5.47. The molecule has 0 aromatic carbocycles. The Hall–Kier alpha value is 0.1000. The van der Waals surface area contributed by atoms with Crippen molar-refractivity contribution in [2.45, 2.75) is 6.54 Å². The minimum atomic E-state index is 0.909. The van der Waals surface area contributed by atoms with Gasteiger partial charge in [-0.25, -0.2) is 0 Å². The zero-order valence-electron chi connectivity index (χ0n) is 8.58. The van der Waals surface area contributed by atoms with Gasteiger partial charge in [0.15, 0.2) is 0 Å². The molecule has 82 valence electrons. The molecule has 0 amide bonds. The van der Waals surface area contributed by atoms with Crippen molar-refractivity contribution >= 4 is 27.3 Å². The zero-order chi connectivity index (χ0) is 10.3. The van der Waals surface area contributed by atoms with Gasteiger partial charge in [0, 0.05) is 19.6 Å². The fourth-order valence-corrected chi connectivity index (χ4v) is 3.97. The molecule has 15 heavy (non-hydrogen) atoms. The maximum absolute atomic E-state index is 3.52. The van der Waals surface area contributed by atoms with Crippen LogP contribution in [-0.2, 0) is 6.54 Å². The Morgan fingerprint density at radius 2 is 2.13 bits per heavy atom. The fraction of sp³-hybridized carbons (Fsp3) is 0.636. The maximum atomic E-state index is 3.52. The molecule has 0 saturated carbocycles. The molecule has 2 aliphatic heterocycles. The van der Waals surface area contributed by atoms with Gasteiger partial charge in [0.1, 0.15) is 0 Å². The molecule has 0 aliphatic carbocycles. The number of halogens is 1. The number of fused-ring (bicyclic) bond motifs is 1. The molecule has 2 saturated heterocycles. The Labute approximate surface area is 103 Å². The van der Waals surface area contributed by atoms with Crippen molar-refractivity contribution in [3.63, 3.8) is 0 Å². The molecule has 0 bridgehead atoms. The number of nitrogens with one attached hydrogen (secondary N) is 1. The normalized spacial score (nSPS) is 31.0. The van der Waals surface area contributed by atoms with Crippen LogP contribution in [0.5, 0.6) is 0 Å². The van der Waals surface area contributed by atoms with Crippen LogP contribution in [-0.4, -0.2) is 31.1 Å². The Morgan fingerprint density at radius 1 is 1.40 bits per heavy atom. The number of thiophene rings is 1. The van der Waals surface area contributed by atoms with Crippen LogP contribution in [0.1, 0.15) is 5.56 Å². The second-order valence-electron chi connectivity index (χ2n) is 4.63. The van der Waals surface area contributed by atoms with Gasteiger partial charge >= 0.3 is 0 Å². The second-order valence-corrected chi connectivity index (χ2v) is 6.92. The van der Waals surface area contributed by atoms with Crippen LogP contribution in [0.15, 0.2) is 15.2 Å². The van der Waals surface area contributed by atoms with Gasteiger partial charge in [0.25, 0.3) is 0 Å². The zero-order valence-corrected chi connectivity index (χ0v) is 11.0. The Balaban J connectivity index is 1.61. The maximum Gasteiger partial charge on any atom is 0.0701 e. The first-order chi connectivity index (χ1) is 7.31. The van der Waals surface area contributed by atoms with Gasteiger partial charge in [0.2, 0.25) is 0 Å². The Morgan fingerprint density at radius 3 is 2.73 bits per heavy atom. The number of likely N-dealkylation sites (tertiary alicyclic amines) is 1. The summed E-state index contributed by atoms with van der Waals surface area (Å²) in [5, 5.41) is 5.74. The van der Waals surface area contributed by atoms with Gasteiger partial charge in [-0.05, 0) is 57.9 Å². The summed E-state index contributed by atoms with van der Waals surface area (Å²) in [6.45, 7) is 6.16. The molecule has 1 N–H and O–H groups in total. The lowest BCUT2D eigenvalue weighted by atomic mass is 10.0. The highest BCUT2D eigenvalue weighted by molar-refractivity contribution is 9.11. The largest absolute Gasteiger partial charge is 0.316 e. The molecule has 2 atom stereocenters. The highest BCUT2D eigenvalue weighted by Gasteiger charge is 2.35. The van der Waals surface area contributed by atoms with Crippen molar-refractivity contribution in [3.8, 4) is 0 Å². The first kappa shape index (κ1) is 10.3. The molecule has 3 rings (SSSR count). The van der Waals surface area contributed by atoms with E-state index in [0.717, 1.165) is 18.4 Å². The van der Waals surface area contributed by atoms with Gasteiger partial charge < -0.3 is 5.32 Å². The third-order valence-electron chi connectivity index (χ3n) is 3.49. The third kappa shape index (κ3) is 2.13. The molecule has 2 aliphatic rings. The lowest BCUT2D eigenvalue weighted by Gasteiger charge is -2.15. The molecular formula is C11H15BrN2S. The molecule has 2 unspecified atom stereocenters. The van der Waals surface area contributed by atoms with Crippen molar-refractivity contribution in [3.05, 3.63) is 20.8 Å². The van der Waals surface area contributed by atoms with E-state index in [-0.39, 0.29) is 0 Å². The van der Waals surface area contributed by atoms with Gasteiger partial charge in [-0.2, -0.15) is 0 Å². The van der Waals surface area contributed by atoms with Gasteiger partial charge in [0.05, 0.1) is 3.79 Å². The smallest absolute Gasteiger partial charge is 0.0701 e. The van der Waals surface area contributed by atoms with Crippen LogP contribution in [0.2, 0.25) is 0 Å². The molecule has 2 nitrogen and oxygen atoms in total. The van der Waals surface area contributed by atoms with E-state index in [4.69, 9.17) is 0 Å². The molecule has 3 heterocycles. The number of hydrogen-bond donors (Lipinski definition) is 1. The second kappa shape index (κ2) is 4.17. The minimum absolute atomic E-state index is 0.909. The van der Waals surface area contributed by atoms with E-state index in [1.165, 1.54) is 35.5 Å². The average molecular weight is 287 g/mol. The van der Waals surface area contributed by atoms with E-state index < -0.39 is 0 Å². The van der Waals surface area contributed by atoms with Crippen LogP contribution in [0.4, 0.5) is 0 Å². The van der Waals surface area contributed by atoms with Gasteiger partial charge in [-0.3, -0.25) is 4.90 Å². The van der Waals surface area contributed by atoms with Crippen LogP contribution in [0.3, 0.4) is 0 Å². The van der Waals surface area contributed by atoms with Gasteiger partial charge in [-0.1, -0.05) is 0 Å². The molecule has 1 aromatic heterocycles. The predicted molar refractivity (Wildman–Crippen MR) is 67.1 cm³/mol. The summed E-state index contributed by atoms with van der Waals surface area (Å²) in [7, 11) is 0. The van der Waals surface area contributed by atoms with E-state index >= 15 is 0 Å². The highest BCUT2D eigenvalue weighted by Crippen LogP contribution is 2.29. The molecule has 4 heteroatoms. The summed E-state index contributed by atoms with van der Waals surface area (Å²) < 4.78 is 1.25. The molecule has 0 spiro atoms. The van der Waals surface area contributed by atoms with Crippen LogP contribution in [0.25, 0.3) is 0 Å². The van der Waals surface area contributed by atoms with Gasteiger partial charge in [-0.15, -0.1) is 11.3 Å². The summed E-state index contributed by atoms with van der Waals surface area (Å²) in [5.41, 5.74) is 1.46. The highest BCUT2D eigenvalue weighted by atomic mass is 79.9. The van der Waals surface area contributed by atoms with Crippen molar-refractivity contribution in [2.24, 2.45) is 11.8 Å². The fourth-order valence-electron chi connectivity index (χ4n) is 2.77. The molecule has 1 aromatic rings. The summed E-state index contributed by atoms with van der Waals surface area (Å²) in [5.74, 6) is 1.82. The summed E-state index contributed by atoms with van der Waals surface area (Å²) in [4.78, 5) is 2.60. The summed E-state index contributed by atoms with van der Waals surface area (Å²) >= 11 is 5.31. The van der Waals surface area contributed by atoms with Crippen molar-refractivity contribution in [1.82, 2.24) is 10.2 Å². The molecule has 2 fully saturated rings. The SMILES string of the molecule is Brc1cc(CN2CC3CNCC3C2)cs1. The topological polar surface area (TPSA) is 15.3 Å². The standard InChI is InChI=1S/C11H15BrN2S/c12-11-1-8(7-15-11)4-14-5-9-2-13-3-10(9)6-14/h1,7,9-10,13H,2-6H2. The van der Waals surface area contributed by atoms with Crippen molar-refractivity contribution in [1.29, 1.82) is 0 Å². The number of rotatable bonds is 2. The van der Waals surface area contributed by atoms with Crippen molar-refractivity contribution < 1.29 is 0 Å². The van der Waals surface area contributed by atoms with Crippen LogP contribution in [0, 0.1) is 11.8 Å². The average Bonchev–Trinajstić information content (AvgIpc) is 2.81. The lowest BCUT2D eigenvalue weighted by Crippen LogP contribution is -2.25. The molecular weight excluding hydrogens is 272 g/mol. The van der Waals surface area contributed by atoms with E-state index in [1.807, 2.05) is 0 Å². The first-order valence-corrected chi connectivity index (χ1v) is 7.14. The van der Waals surface area contributed by atoms with Crippen LogP contribution >= 0.6 is 27.3 Å². The summed E-state index contributed by atoms with van der Waals surface area (Å²) in [6.07, 6.45) is 0. The Bertz CT molecular complexity index is 340. The van der Waals surface area contributed by atoms with E-state index in [9.17, 15) is 0 Å². The van der Waals surface area contributed by atoms with E-state index in [1.54, 1.807) is 11.3 Å². The van der Waals surface area contributed by atoms with Crippen molar-refractivity contribution in [2.75, 3.05) is 26.2 Å². The number of hydrogen-bond acceptors (Lipinski definition) is 3. The quantitative estimate of drug-likeness (QED) is 0.896.